The third kappa shape index (κ3) is 3.38. The first kappa shape index (κ1) is 15.0. The lowest BCUT2D eigenvalue weighted by Gasteiger charge is -2.12. The second-order valence-electron chi connectivity index (χ2n) is 5.51. The van der Waals surface area contributed by atoms with Crippen molar-refractivity contribution in [2.75, 3.05) is 5.32 Å². The van der Waals surface area contributed by atoms with Crippen molar-refractivity contribution in [2.24, 2.45) is 0 Å². The SMILES string of the molecule is CC(C)(C)c1nc(C(=O)Nc2cc(Cl)ccc2C#N)n[nH]1. The molecule has 21 heavy (non-hydrogen) atoms. The van der Waals surface area contributed by atoms with Gasteiger partial charge in [-0.1, -0.05) is 32.4 Å². The summed E-state index contributed by atoms with van der Waals surface area (Å²) < 4.78 is 0. The molecule has 0 aliphatic carbocycles. The molecule has 0 atom stereocenters. The number of aromatic nitrogens is 3. The molecule has 6 nitrogen and oxygen atoms in total. The van der Waals surface area contributed by atoms with E-state index in [1.54, 1.807) is 6.07 Å². The van der Waals surface area contributed by atoms with Crippen LogP contribution in [0.1, 0.15) is 42.8 Å². The standard InChI is InChI=1S/C14H14ClN5O/c1-14(2,3)13-18-11(19-20-13)12(21)17-10-6-9(15)5-4-8(10)7-16/h4-6H,1-3H3,(H,17,21)(H,18,19,20). The summed E-state index contributed by atoms with van der Waals surface area (Å²) in [6.07, 6.45) is 0. The van der Waals surface area contributed by atoms with Crippen LogP contribution in [0.2, 0.25) is 5.02 Å². The minimum Gasteiger partial charge on any atom is -0.318 e. The Morgan fingerprint density at radius 2 is 2.14 bits per heavy atom. The molecule has 1 aromatic heterocycles. The number of nitriles is 1. The average molecular weight is 304 g/mol. The Morgan fingerprint density at radius 1 is 1.43 bits per heavy atom. The average Bonchev–Trinajstić information content (AvgIpc) is 2.88. The Bertz CT molecular complexity index is 724. The van der Waals surface area contributed by atoms with Crippen LogP contribution in [-0.2, 0) is 5.41 Å². The molecule has 108 valence electrons. The fourth-order valence-corrected chi connectivity index (χ4v) is 1.77. The normalized spacial score (nSPS) is 11.0. The Balaban J connectivity index is 2.25. The molecule has 7 heteroatoms. The van der Waals surface area contributed by atoms with Gasteiger partial charge in [-0.05, 0) is 18.2 Å². The van der Waals surface area contributed by atoms with Crippen molar-refractivity contribution in [1.29, 1.82) is 5.26 Å². The Kier molecular flexibility index (Phi) is 3.96. The molecule has 0 spiro atoms. The third-order valence-corrected chi connectivity index (χ3v) is 2.98. The summed E-state index contributed by atoms with van der Waals surface area (Å²) in [6.45, 7) is 5.87. The molecule has 2 rings (SSSR count). The van der Waals surface area contributed by atoms with E-state index in [0.717, 1.165) is 0 Å². The molecule has 1 heterocycles. The number of carbonyl (C=O) groups is 1. The van der Waals surface area contributed by atoms with Crippen molar-refractivity contribution in [1.82, 2.24) is 15.2 Å². The number of anilines is 1. The first-order chi connectivity index (χ1) is 9.81. The van der Waals surface area contributed by atoms with Crippen LogP contribution >= 0.6 is 11.6 Å². The van der Waals surface area contributed by atoms with Crippen molar-refractivity contribution in [2.45, 2.75) is 26.2 Å². The van der Waals surface area contributed by atoms with Crippen LogP contribution in [0.15, 0.2) is 18.2 Å². The van der Waals surface area contributed by atoms with E-state index in [-0.39, 0.29) is 11.2 Å². The summed E-state index contributed by atoms with van der Waals surface area (Å²) in [5.41, 5.74) is 0.413. The fourth-order valence-electron chi connectivity index (χ4n) is 1.59. The number of H-pyrrole nitrogens is 1. The van der Waals surface area contributed by atoms with Gasteiger partial charge in [0.15, 0.2) is 0 Å². The van der Waals surface area contributed by atoms with E-state index in [1.807, 2.05) is 26.8 Å². The maximum atomic E-state index is 12.1. The van der Waals surface area contributed by atoms with Crippen LogP contribution in [0.5, 0.6) is 0 Å². The maximum Gasteiger partial charge on any atom is 0.295 e. The summed E-state index contributed by atoms with van der Waals surface area (Å²) in [4.78, 5) is 16.3. The van der Waals surface area contributed by atoms with E-state index in [9.17, 15) is 4.79 Å². The molecule has 0 fully saturated rings. The molecule has 2 N–H and O–H groups in total. The predicted octanol–water partition coefficient (Wildman–Crippen LogP) is 2.88. The van der Waals surface area contributed by atoms with Crippen LogP contribution in [0.4, 0.5) is 5.69 Å². The number of hydrogen-bond acceptors (Lipinski definition) is 4. The van der Waals surface area contributed by atoms with E-state index < -0.39 is 5.91 Å². The van der Waals surface area contributed by atoms with Crippen LogP contribution in [-0.4, -0.2) is 21.1 Å². The van der Waals surface area contributed by atoms with E-state index in [2.05, 4.69) is 20.5 Å². The molecule has 0 bridgehead atoms. The van der Waals surface area contributed by atoms with Gasteiger partial charge in [-0.3, -0.25) is 9.89 Å². The Labute approximate surface area is 127 Å². The van der Waals surface area contributed by atoms with Gasteiger partial charge in [0.1, 0.15) is 11.9 Å². The van der Waals surface area contributed by atoms with Crippen LogP contribution in [0, 0.1) is 11.3 Å². The van der Waals surface area contributed by atoms with Gasteiger partial charge in [0.05, 0.1) is 11.3 Å². The number of amides is 1. The first-order valence-corrected chi connectivity index (χ1v) is 6.63. The number of aromatic amines is 1. The van der Waals surface area contributed by atoms with Gasteiger partial charge in [0.25, 0.3) is 5.91 Å². The summed E-state index contributed by atoms with van der Waals surface area (Å²) in [5, 5.41) is 18.7. The first-order valence-electron chi connectivity index (χ1n) is 6.25. The lowest BCUT2D eigenvalue weighted by atomic mass is 9.96. The van der Waals surface area contributed by atoms with Crippen LogP contribution < -0.4 is 5.32 Å². The number of hydrogen-bond donors (Lipinski definition) is 2. The van der Waals surface area contributed by atoms with Crippen molar-refractivity contribution in [3.8, 4) is 6.07 Å². The zero-order valence-corrected chi connectivity index (χ0v) is 12.6. The number of nitrogens with zero attached hydrogens (tertiary/aromatic N) is 3. The lowest BCUT2D eigenvalue weighted by Crippen LogP contribution is -2.16. The van der Waals surface area contributed by atoms with Crippen LogP contribution in [0.3, 0.4) is 0 Å². The fraction of sp³-hybridized carbons (Fsp3) is 0.286. The topological polar surface area (TPSA) is 94.5 Å². The van der Waals surface area contributed by atoms with Gasteiger partial charge in [0.2, 0.25) is 5.82 Å². The third-order valence-electron chi connectivity index (χ3n) is 2.75. The molecular formula is C14H14ClN5O. The molecule has 0 saturated heterocycles. The number of halogens is 1. The quantitative estimate of drug-likeness (QED) is 0.891. The second-order valence-corrected chi connectivity index (χ2v) is 5.95. The zero-order chi connectivity index (χ0) is 15.6. The molecule has 0 radical (unpaired) electrons. The summed E-state index contributed by atoms with van der Waals surface area (Å²) >= 11 is 5.87. The Morgan fingerprint density at radius 3 is 2.71 bits per heavy atom. The molecular weight excluding hydrogens is 290 g/mol. The van der Waals surface area contributed by atoms with Gasteiger partial charge in [-0.15, -0.1) is 5.10 Å². The number of carbonyl (C=O) groups excluding carboxylic acids is 1. The predicted molar refractivity (Wildman–Crippen MR) is 79.2 cm³/mol. The van der Waals surface area contributed by atoms with Gasteiger partial charge in [-0.2, -0.15) is 5.26 Å². The number of rotatable bonds is 2. The molecule has 2 aromatic rings. The van der Waals surface area contributed by atoms with Crippen molar-refractivity contribution in [3.05, 3.63) is 40.4 Å². The molecule has 1 amide bonds. The maximum absolute atomic E-state index is 12.1. The number of nitrogens with one attached hydrogen (secondary N) is 2. The minimum absolute atomic E-state index is 0.0174. The van der Waals surface area contributed by atoms with Gasteiger partial charge in [-0.25, -0.2) is 4.98 Å². The summed E-state index contributed by atoms with van der Waals surface area (Å²) in [6, 6.07) is 6.62. The zero-order valence-electron chi connectivity index (χ0n) is 11.9. The summed E-state index contributed by atoms with van der Waals surface area (Å²) in [7, 11) is 0. The molecule has 0 unspecified atom stereocenters. The van der Waals surface area contributed by atoms with Gasteiger partial charge < -0.3 is 5.32 Å². The number of benzene rings is 1. The highest BCUT2D eigenvalue weighted by Crippen LogP contribution is 2.21. The highest BCUT2D eigenvalue weighted by molar-refractivity contribution is 6.31. The molecule has 0 aliphatic heterocycles. The van der Waals surface area contributed by atoms with E-state index >= 15 is 0 Å². The second kappa shape index (κ2) is 5.54. The van der Waals surface area contributed by atoms with E-state index in [4.69, 9.17) is 16.9 Å². The van der Waals surface area contributed by atoms with E-state index in [1.165, 1.54) is 12.1 Å². The van der Waals surface area contributed by atoms with Crippen molar-refractivity contribution < 1.29 is 4.79 Å². The van der Waals surface area contributed by atoms with Crippen molar-refractivity contribution in [3.63, 3.8) is 0 Å². The molecule has 0 aliphatic rings. The lowest BCUT2D eigenvalue weighted by molar-refractivity contribution is 0.101. The molecule has 0 saturated carbocycles. The Hall–Kier alpha value is -2.39. The molecule has 1 aromatic carbocycles. The van der Waals surface area contributed by atoms with E-state index in [0.29, 0.717) is 22.1 Å². The summed E-state index contributed by atoms with van der Waals surface area (Å²) in [5.74, 6) is 0.128. The van der Waals surface area contributed by atoms with Crippen molar-refractivity contribution >= 4 is 23.2 Å². The van der Waals surface area contributed by atoms with Crippen LogP contribution in [0.25, 0.3) is 0 Å². The smallest absolute Gasteiger partial charge is 0.295 e. The monoisotopic (exact) mass is 303 g/mol. The largest absolute Gasteiger partial charge is 0.318 e. The van der Waals surface area contributed by atoms with Gasteiger partial charge in [0, 0.05) is 10.4 Å². The van der Waals surface area contributed by atoms with Gasteiger partial charge >= 0.3 is 0 Å². The highest BCUT2D eigenvalue weighted by atomic mass is 35.5. The minimum atomic E-state index is -0.500. The highest BCUT2D eigenvalue weighted by Gasteiger charge is 2.21.